The molecular formula is C17H25NO2S. The first-order valence-electron chi connectivity index (χ1n) is 8.56. The van der Waals surface area contributed by atoms with Crippen molar-refractivity contribution in [3.05, 3.63) is 11.6 Å². The van der Waals surface area contributed by atoms with Crippen molar-refractivity contribution in [3.8, 4) is 0 Å². The van der Waals surface area contributed by atoms with E-state index in [-0.39, 0.29) is 11.6 Å². The van der Waals surface area contributed by atoms with E-state index >= 15 is 0 Å². The SMILES string of the molecule is CCCCSC1CC2=CC(=O)O[C@@]23C[C@@H]1N1CCCC[C@@H]13. The van der Waals surface area contributed by atoms with E-state index in [4.69, 9.17) is 4.74 Å². The zero-order valence-electron chi connectivity index (χ0n) is 12.8. The van der Waals surface area contributed by atoms with Gasteiger partial charge in [-0.3, -0.25) is 4.90 Å². The highest BCUT2D eigenvalue weighted by atomic mass is 32.2. The Balaban J connectivity index is 1.62. The second-order valence-corrected chi connectivity index (χ2v) is 8.32. The molecule has 21 heavy (non-hydrogen) atoms. The van der Waals surface area contributed by atoms with E-state index < -0.39 is 0 Å². The summed E-state index contributed by atoms with van der Waals surface area (Å²) in [5.74, 6) is 1.17. The van der Waals surface area contributed by atoms with Crippen LogP contribution in [0.25, 0.3) is 0 Å². The molecule has 3 aliphatic heterocycles. The summed E-state index contributed by atoms with van der Waals surface area (Å²) < 4.78 is 5.90. The van der Waals surface area contributed by atoms with E-state index in [9.17, 15) is 4.79 Å². The lowest BCUT2D eigenvalue weighted by Gasteiger charge is -2.38. The van der Waals surface area contributed by atoms with Gasteiger partial charge in [-0.25, -0.2) is 4.79 Å². The first-order chi connectivity index (χ1) is 10.2. The predicted molar refractivity (Wildman–Crippen MR) is 85.4 cm³/mol. The number of nitrogens with zero attached hydrogens (tertiary/aromatic N) is 1. The van der Waals surface area contributed by atoms with Crippen molar-refractivity contribution >= 4 is 17.7 Å². The van der Waals surface area contributed by atoms with E-state index in [2.05, 4.69) is 23.6 Å². The number of piperidine rings is 1. The smallest absolute Gasteiger partial charge is 0.331 e. The maximum atomic E-state index is 11.9. The molecule has 3 heterocycles. The van der Waals surface area contributed by atoms with E-state index in [0.717, 1.165) is 12.8 Å². The second-order valence-electron chi connectivity index (χ2n) is 6.97. The number of unbranched alkanes of at least 4 members (excludes halogenated alkanes) is 1. The van der Waals surface area contributed by atoms with Gasteiger partial charge in [-0.05, 0) is 43.6 Å². The standard InChI is InChI=1S/C17H25NO2S/c1-2-3-8-21-14-9-12-10-16(19)20-17(12)11-13(14)18-7-5-4-6-15(17)18/h10,13-15H,2-9,11H2,1H3/t13-,14?,15+,17-/m0/s1. The Bertz CT molecular complexity index is 477. The number of thioether (sulfide) groups is 1. The van der Waals surface area contributed by atoms with Crippen molar-refractivity contribution in [2.45, 2.75) is 74.8 Å². The number of carbonyl (C=O) groups is 1. The Morgan fingerprint density at radius 3 is 3.24 bits per heavy atom. The molecule has 1 saturated carbocycles. The van der Waals surface area contributed by atoms with Crippen LogP contribution in [0.2, 0.25) is 0 Å². The van der Waals surface area contributed by atoms with Crippen LogP contribution in [-0.4, -0.2) is 46.1 Å². The molecule has 1 aliphatic carbocycles. The number of fused-ring (bicyclic) bond motifs is 3. The summed E-state index contributed by atoms with van der Waals surface area (Å²) in [6.45, 7) is 3.46. The quantitative estimate of drug-likeness (QED) is 0.589. The molecule has 0 radical (unpaired) electrons. The minimum Gasteiger partial charge on any atom is -0.450 e. The van der Waals surface area contributed by atoms with Gasteiger partial charge in [0.1, 0.15) is 0 Å². The van der Waals surface area contributed by atoms with Crippen LogP contribution in [0.3, 0.4) is 0 Å². The van der Waals surface area contributed by atoms with Crippen molar-refractivity contribution < 1.29 is 9.53 Å². The first-order valence-corrected chi connectivity index (χ1v) is 9.61. The Morgan fingerprint density at radius 2 is 2.38 bits per heavy atom. The van der Waals surface area contributed by atoms with Crippen LogP contribution >= 0.6 is 11.8 Å². The highest BCUT2D eigenvalue weighted by molar-refractivity contribution is 7.99. The largest absolute Gasteiger partial charge is 0.450 e. The van der Waals surface area contributed by atoms with Crippen LogP contribution in [-0.2, 0) is 9.53 Å². The third-order valence-electron chi connectivity index (χ3n) is 5.82. The normalized spacial score (nSPS) is 41.5. The molecule has 3 fully saturated rings. The molecule has 4 rings (SSSR count). The van der Waals surface area contributed by atoms with Gasteiger partial charge in [0.2, 0.25) is 0 Å². The summed E-state index contributed by atoms with van der Waals surface area (Å²) in [6, 6.07) is 1.09. The van der Waals surface area contributed by atoms with Crippen LogP contribution in [0.4, 0.5) is 0 Å². The van der Waals surface area contributed by atoms with Crippen LogP contribution in [0.1, 0.15) is 51.9 Å². The van der Waals surface area contributed by atoms with Gasteiger partial charge in [-0.2, -0.15) is 11.8 Å². The molecular weight excluding hydrogens is 282 g/mol. The number of ether oxygens (including phenoxy) is 1. The van der Waals surface area contributed by atoms with Crippen molar-refractivity contribution in [3.63, 3.8) is 0 Å². The fraction of sp³-hybridized carbons (Fsp3) is 0.824. The third kappa shape index (κ3) is 2.09. The third-order valence-corrected chi connectivity index (χ3v) is 7.25. The van der Waals surface area contributed by atoms with Crippen LogP contribution in [0.5, 0.6) is 0 Å². The average Bonchev–Trinajstić information content (AvgIpc) is 2.96. The summed E-state index contributed by atoms with van der Waals surface area (Å²) in [6.07, 6.45) is 10.3. The molecule has 116 valence electrons. The lowest BCUT2D eigenvalue weighted by Crippen LogP contribution is -2.48. The molecule has 4 atom stereocenters. The van der Waals surface area contributed by atoms with Crippen LogP contribution < -0.4 is 0 Å². The van der Waals surface area contributed by atoms with E-state index in [0.29, 0.717) is 17.3 Å². The Kier molecular flexibility index (Phi) is 3.57. The minimum atomic E-state index is -0.232. The van der Waals surface area contributed by atoms with Gasteiger partial charge >= 0.3 is 5.97 Å². The van der Waals surface area contributed by atoms with Crippen molar-refractivity contribution in [1.29, 1.82) is 0 Å². The fourth-order valence-corrected chi connectivity index (χ4v) is 6.42. The lowest BCUT2D eigenvalue weighted by molar-refractivity contribution is -0.148. The summed E-state index contributed by atoms with van der Waals surface area (Å²) >= 11 is 2.13. The van der Waals surface area contributed by atoms with Gasteiger partial charge in [-0.1, -0.05) is 19.8 Å². The molecule has 4 aliphatic rings. The molecule has 4 heteroatoms. The highest BCUT2D eigenvalue weighted by Crippen LogP contribution is 2.55. The number of rotatable bonds is 4. The molecule has 0 aromatic carbocycles. The Labute approximate surface area is 131 Å². The minimum absolute atomic E-state index is 0.0876. The summed E-state index contributed by atoms with van der Waals surface area (Å²) in [5.41, 5.74) is 1.08. The van der Waals surface area contributed by atoms with Gasteiger partial charge < -0.3 is 4.74 Å². The zero-order valence-corrected chi connectivity index (χ0v) is 13.7. The second kappa shape index (κ2) is 5.31. The molecule has 1 spiro atoms. The summed E-state index contributed by atoms with van der Waals surface area (Å²) in [7, 11) is 0. The zero-order chi connectivity index (χ0) is 14.4. The Morgan fingerprint density at radius 1 is 1.48 bits per heavy atom. The van der Waals surface area contributed by atoms with Gasteiger partial charge in [0.25, 0.3) is 0 Å². The molecule has 0 amide bonds. The maximum absolute atomic E-state index is 11.9. The van der Waals surface area contributed by atoms with Crippen molar-refractivity contribution in [1.82, 2.24) is 4.90 Å². The molecule has 3 nitrogen and oxygen atoms in total. The molecule has 1 unspecified atom stereocenters. The fourth-order valence-electron chi connectivity index (χ4n) is 4.89. The van der Waals surface area contributed by atoms with E-state index in [1.165, 1.54) is 50.0 Å². The molecule has 0 aromatic heterocycles. The summed E-state index contributed by atoms with van der Waals surface area (Å²) in [5, 5.41) is 0.661. The molecule has 0 N–H and O–H groups in total. The van der Waals surface area contributed by atoms with Gasteiger partial charge in [0.15, 0.2) is 5.60 Å². The van der Waals surface area contributed by atoms with Crippen LogP contribution in [0.15, 0.2) is 11.6 Å². The molecule has 2 bridgehead atoms. The number of esters is 1. The molecule has 2 saturated heterocycles. The average molecular weight is 307 g/mol. The number of carbonyl (C=O) groups excluding carboxylic acids is 1. The number of hydrogen-bond donors (Lipinski definition) is 0. The van der Waals surface area contributed by atoms with E-state index in [1.807, 2.05) is 6.08 Å². The summed E-state index contributed by atoms with van der Waals surface area (Å²) in [4.78, 5) is 14.6. The molecule has 0 aromatic rings. The number of hydrogen-bond acceptors (Lipinski definition) is 4. The monoisotopic (exact) mass is 307 g/mol. The topological polar surface area (TPSA) is 29.5 Å². The Hall–Kier alpha value is -0.480. The van der Waals surface area contributed by atoms with E-state index in [1.54, 1.807) is 0 Å². The first kappa shape index (κ1) is 14.1. The van der Waals surface area contributed by atoms with Crippen molar-refractivity contribution in [2.75, 3.05) is 12.3 Å². The predicted octanol–water partition coefficient (Wildman–Crippen LogP) is 3.14. The van der Waals surface area contributed by atoms with Crippen molar-refractivity contribution in [2.24, 2.45) is 0 Å². The van der Waals surface area contributed by atoms with Gasteiger partial charge in [0.05, 0.1) is 6.04 Å². The lowest BCUT2D eigenvalue weighted by atomic mass is 9.77. The van der Waals surface area contributed by atoms with Crippen LogP contribution in [0, 0.1) is 0 Å². The highest BCUT2D eigenvalue weighted by Gasteiger charge is 2.63. The van der Waals surface area contributed by atoms with Gasteiger partial charge in [0, 0.05) is 23.8 Å². The van der Waals surface area contributed by atoms with Gasteiger partial charge in [-0.15, -0.1) is 0 Å². The maximum Gasteiger partial charge on any atom is 0.331 e.